The number of rotatable bonds is 2. The number of aliphatic hydroxyl groups is 1. The van der Waals surface area contributed by atoms with E-state index in [1.54, 1.807) is 12.4 Å². The van der Waals surface area contributed by atoms with Crippen LogP contribution in [0.25, 0.3) is 0 Å². The minimum atomic E-state index is -2.96. The van der Waals surface area contributed by atoms with Crippen molar-refractivity contribution in [3.05, 3.63) is 81.9 Å². The number of nitrogens with zero attached hydrogens (tertiary/aromatic N) is 4. The van der Waals surface area contributed by atoms with Gasteiger partial charge in [-0.05, 0) is 129 Å². The Morgan fingerprint density at radius 2 is 1.96 bits per heavy atom. The highest BCUT2D eigenvalue weighted by molar-refractivity contribution is 7.99. The zero-order valence-electron chi connectivity index (χ0n) is 30.5. The Labute approximate surface area is 313 Å². The van der Waals surface area contributed by atoms with E-state index < -0.39 is 15.3 Å². The van der Waals surface area contributed by atoms with Crippen molar-refractivity contribution in [2.75, 3.05) is 37.7 Å². The summed E-state index contributed by atoms with van der Waals surface area (Å²) in [7, 11) is -2.96. The van der Waals surface area contributed by atoms with E-state index in [2.05, 4.69) is 49.4 Å². The van der Waals surface area contributed by atoms with Crippen LogP contribution in [0.4, 0.5) is 5.69 Å². The number of β-amino-alcohol motifs (C(OH)–C–C–N with tert-alkyl or cyclic N) is 1. The number of anilines is 1. The highest BCUT2D eigenvalue weighted by atomic mass is 35.5. The molecule has 0 saturated heterocycles. The number of fused-ring (bicyclic) bond motifs is 5. The summed E-state index contributed by atoms with van der Waals surface area (Å²) < 4.78 is 23.5. The van der Waals surface area contributed by atoms with Gasteiger partial charge in [0.1, 0.15) is 12.1 Å². The number of aromatic nitrogens is 2. The van der Waals surface area contributed by atoms with Crippen LogP contribution in [0, 0.1) is 17.8 Å². The molecule has 1 aromatic heterocycles. The summed E-state index contributed by atoms with van der Waals surface area (Å²) in [5, 5.41) is 13.3. The Hall–Kier alpha value is -3.18. The molecule has 3 aromatic rings. The van der Waals surface area contributed by atoms with Gasteiger partial charge in [-0.25, -0.2) is 14.2 Å². The van der Waals surface area contributed by atoms with Crippen LogP contribution in [0.15, 0.2) is 48.9 Å². The lowest BCUT2D eigenvalue weighted by Gasteiger charge is -2.51. The fraction of sp³-hybridized carbons (Fsp3) is 0.561. The molecule has 1 unspecified atom stereocenters. The average molecular weight is 746 g/mol. The Morgan fingerprint density at radius 1 is 1.10 bits per heavy atom. The summed E-state index contributed by atoms with van der Waals surface area (Å²) in [4.78, 5) is 27.4. The molecule has 52 heavy (non-hydrogen) atoms. The summed E-state index contributed by atoms with van der Waals surface area (Å²) >= 11 is 6.50. The minimum absolute atomic E-state index is 0.0404. The number of halogens is 1. The molecule has 278 valence electrons. The largest absolute Gasteiger partial charge is 0.490 e. The molecule has 3 aliphatic heterocycles. The van der Waals surface area contributed by atoms with Crippen LogP contribution in [0.1, 0.15) is 91.5 Å². The van der Waals surface area contributed by atoms with Crippen molar-refractivity contribution in [1.82, 2.24) is 19.6 Å². The van der Waals surface area contributed by atoms with Gasteiger partial charge in [0.2, 0.25) is 0 Å². The van der Waals surface area contributed by atoms with Crippen LogP contribution in [0.3, 0.4) is 0 Å². The second kappa shape index (κ2) is 13.9. The average Bonchev–Trinajstić information content (AvgIpc) is 3.25. The van der Waals surface area contributed by atoms with Gasteiger partial charge in [-0.2, -0.15) is 0 Å². The lowest BCUT2D eigenvalue weighted by atomic mass is 9.62. The van der Waals surface area contributed by atoms with E-state index in [-0.39, 0.29) is 34.3 Å². The van der Waals surface area contributed by atoms with Crippen molar-refractivity contribution in [3.8, 4) is 5.75 Å². The third-order valence-corrected chi connectivity index (χ3v) is 15.7. The molecular formula is C41H52ClN5O4S. The van der Waals surface area contributed by atoms with Crippen LogP contribution in [-0.2, 0) is 34.5 Å². The van der Waals surface area contributed by atoms with Crippen molar-refractivity contribution in [2.45, 2.75) is 94.4 Å². The zero-order chi connectivity index (χ0) is 36.3. The Balaban J connectivity index is 1.17. The van der Waals surface area contributed by atoms with Crippen molar-refractivity contribution in [1.29, 1.82) is 0 Å². The Bertz CT molecular complexity index is 1960. The fourth-order valence-corrected chi connectivity index (χ4v) is 11.6. The highest BCUT2D eigenvalue weighted by Gasteiger charge is 2.49. The van der Waals surface area contributed by atoms with E-state index >= 15 is 0 Å². The quantitative estimate of drug-likeness (QED) is 0.309. The number of nitrogens with one attached hydrogen (secondary N) is 1. The summed E-state index contributed by atoms with van der Waals surface area (Å²) in [5.74, 6) is 4.84. The monoisotopic (exact) mass is 745 g/mol. The van der Waals surface area contributed by atoms with Crippen LogP contribution in [-0.4, -0.2) is 79.6 Å². The van der Waals surface area contributed by atoms with Gasteiger partial charge in [-0.15, -0.1) is 0 Å². The second-order valence-electron chi connectivity index (χ2n) is 16.5. The normalized spacial score (nSPS) is 33.8. The topological polar surface area (TPSA) is 108 Å². The lowest BCUT2D eigenvalue weighted by Crippen LogP contribution is -2.57. The molecule has 2 aromatic carbocycles. The van der Waals surface area contributed by atoms with Gasteiger partial charge in [0.15, 0.2) is 0 Å². The predicted molar refractivity (Wildman–Crippen MR) is 208 cm³/mol. The molecular weight excluding hydrogens is 694 g/mol. The molecule has 2 bridgehead atoms. The summed E-state index contributed by atoms with van der Waals surface area (Å²) in [5.41, 5.74) is 4.97. The van der Waals surface area contributed by atoms with Gasteiger partial charge in [-0.1, -0.05) is 31.0 Å². The number of hydrogen-bond acceptors (Lipinski definition) is 8. The van der Waals surface area contributed by atoms with Gasteiger partial charge in [0.05, 0.1) is 33.3 Å². The van der Waals surface area contributed by atoms with Crippen LogP contribution >= 0.6 is 11.6 Å². The molecule has 5 aliphatic rings. The first kappa shape index (κ1) is 35.8. The molecule has 1 fully saturated rings. The van der Waals surface area contributed by atoms with E-state index in [9.17, 15) is 14.1 Å². The van der Waals surface area contributed by atoms with Crippen LogP contribution < -0.4 is 14.4 Å². The molecule has 2 N–H and O–H groups in total. The van der Waals surface area contributed by atoms with E-state index in [1.807, 2.05) is 31.3 Å². The minimum Gasteiger partial charge on any atom is -0.490 e. The number of ether oxygens (including phenoxy) is 1. The standard InChI is InChI=1S/C41H52ClN5O4S/c1-27-6-4-16-41(49,24-46-17-14-31-20-43-26-44-36(31)22-46)35-11-8-32(35)21-47-23-40(15-5-7-29-18-33(42)10-12-34(29)40)25-51-38-13-9-30(19-37(38)47)39(48)45-52(3,50)28(27)2/h9-10,12-13,18-20,26-28,32,35,49H,3-8,11,14-17,21-25H2,1-2H3,(H,45,48,50)/t27-,28+,32-,35+,40-,41+,52?/m0/s1. The molecule has 0 radical (unpaired) electrons. The van der Waals surface area contributed by atoms with Crippen molar-refractivity contribution in [2.24, 2.45) is 17.8 Å². The van der Waals surface area contributed by atoms with Gasteiger partial charge >= 0.3 is 0 Å². The van der Waals surface area contributed by atoms with Crippen molar-refractivity contribution in [3.63, 3.8) is 0 Å². The molecule has 8 rings (SSSR count). The van der Waals surface area contributed by atoms with E-state index in [0.717, 1.165) is 93.2 Å². The molecule has 7 atom stereocenters. The third kappa shape index (κ3) is 6.73. The summed E-state index contributed by atoms with van der Waals surface area (Å²) in [6.45, 7) is 8.16. The molecule has 1 amide bonds. The van der Waals surface area contributed by atoms with Crippen molar-refractivity contribution < 1.29 is 18.8 Å². The number of benzene rings is 2. The van der Waals surface area contributed by atoms with Gasteiger partial charge in [-0.3, -0.25) is 14.4 Å². The van der Waals surface area contributed by atoms with Gasteiger partial charge in [0, 0.05) is 60.2 Å². The summed E-state index contributed by atoms with van der Waals surface area (Å²) in [6, 6.07) is 11.9. The number of carbonyl (C=O) groups is 1. The Kier molecular flexibility index (Phi) is 9.58. The first-order chi connectivity index (χ1) is 24.9. The van der Waals surface area contributed by atoms with E-state index in [0.29, 0.717) is 31.7 Å². The first-order valence-corrected chi connectivity index (χ1v) is 21.3. The molecule has 11 heteroatoms. The smallest absolute Gasteiger partial charge is 0.262 e. The maximum Gasteiger partial charge on any atom is 0.262 e. The SMILES string of the molecule is C=S1(=O)NC(=O)c2ccc3c(c2)N(C[C@@H]2CC[C@H]2[C@](O)(CN2CCc4cncnc4C2)CCC[C@H](C)[C@H]1C)C[C@@]1(CCCc2cc(Cl)ccc21)CO3. The number of hydrogen-bond donors (Lipinski definition) is 2. The number of aryl methyl sites for hydroxylation is 1. The predicted octanol–water partition coefficient (Wildman–Crippen LogP) is 5.99. The molecule has 1 saturated carbocycles. The number of carbonyl (C=O) groups excluding carboxylic acids is 1. The molecule has 4 heterocycles. The fourth-order valence-electron chi connectivity index (χ4n) is 9.89. The lowest BCUT2D eigenvalue weighted by molar-refractivity contribution is -0.107. The first-order valence-electron chi connectivity index (χ1n) is 19.1. The maximum atomic E-state index is 14.0. The summed E-state index contributed by atoms with van der Waals surface area (Å²) in [6.07, 6.45) is 11.7. The van der Waals surface area contributed by atoms with Crippen molar-refractivity contribution >= 4 is 38.8 Å². The van der Waals surface area contributed by atoms with Crippen LogP contribution in [0.2, 0.25) is 5.02 Å². The molecule has 9 nitrogen and oxygen atoms in total. The maximum absolute atomic E-state index is 14.0. The zero-order valence-corrected chi connectivity index (χ0v) is 32.1. The Morgan fingerprint density at radius 3 is 2.79 bits per heavy atom. The van der Waals surface area contributed by atoms with Gasteiger partial charge in [0.25, 0.3) is 5.91 Å². The van der Waals surface area contributed by atoms with E-state index in [1.165, 1.54) is 16.7 Å². The molecule has 1 spiro atoms. The third-order valence-electron chi connectivity index (χ3n) is 13.2. The number of amides is 1. The van der Waals surface area contributed by atoms with Gasteiger partial charge < -0.3 is 14.7 Å². The highest BCUT2D eigenvalue weighted by Crippen LogP contribution is 2.49. The van der Waals surface area contributed by atoms with E-state index in [4.69, 9.17) is 16.3 Å². The molecule has 2 aliphatic carbocycles. The second-order valence-corrected chi connectivity index (χ2v) is 19.4. The van der Waals surface area contributed by atoms with Crippen LogP contribution in [0.5, 0.6) is 5.75 Å².